The van der Waals surface area contributed by atoms with Crippen LogP contribution in [0, 0.1) is 0 Å². The second kappa shape index (κ2) is 3.82. The van der Waals surface area contributed by atoms with Crippen LogP contribution in [0.5, 0.6) is 0 Å². The summed E-state index contributed by atoms with van der Waals surface area (Å²) >= 11 is 0. The fourth-order valence-electron chi connectivity index (χ4n) is 2.54. The summed E-state index contributed by atoms with van der Waals surface area (Å²) in [7, 11) is 2.04. The Bertz CT molecular complexity index is 555. The molecule has 1 aromatic carbocycles. The summed E-state index contributed by atoms with van der Waals surface area (Å²) in [5, 5.41) is 9.37. The first-order chi connectivity index (χ1) is 8.19. The molecule has 2 aromatic rings. The van der Waals surface area contributed by atoms with E-state index in [0.717, 1.165) is 35.3 Å². The van der Waals surface area contributed by atoms with Crippen molar-refractivity contribution in [2.24, 2.45) is 12.8 Å². The van der Waals surface area contributed by atoms with Gasteiger partial charge in [-0.15, -0.1) is 0 Å². The third-order valence-electron chi connectivity index (χ3n) is 3.69. The minimum absolute atomic E-state index is 0.139. The molecule has 0 atom stereocenters. The van der Waals surface area contributed by atoms with Crippen molar-refractivity contribution in [1.82, 2.24) is 9.55 Å². The van der Waals surface area contributed by atoms with Gasteiger partial charge in [-0.2, -0.15) is 0 Å². The highest BCUT2D eigenvalue weighted by atomic mass is 16.3. The van der Waals surface area contributed by atoms with Crippen LogP contribution in [0.15, 0.2) is 18.2 Å². The molecule has 1 aliphatic rings. The van der Waals surface area contributed by atoms with Crippen LogP contribution in [0.25, 0.3) is 11.0 Å². The Balaban J connectivity index is 2.06. The van der Waals surface area contributed by atoms with Gasteiger partial charge in [-0.1, -0.05) is 6.07 Å². The lowest BCUT2D eigenvalue weighted by atomic mass is 9.82. The SMILES string of the molecule is Cn1c(C2CC(O)C2)nc2ccc(CN)cc21. The van der Waals surface area contributed by atoms with Gasteiger partial charge in [0, 0.05) is 19.5 Å². The Labute approximate surface area is 100 Å². The van der Waals surface area contributed by atoms with Crippen molar-refractivity contribution >= 4 is 11.0 Å². The number of rotatable bonds is 2. The van der Waals surface area contributed by atoms with Crippen LogP contribution >= 0.6 is 0 Å². The molecule has 90 valence electrons. The summed E-state index contributed by atoms with van der Waals surface area (Å²) in [6, 6.07) is 6.14. The largest absolute Gasteiger partial charge is 0.393 e. The Hall–Kier alpha value is -1.39. The van der Waals surface area contributed by atoms with Gasteiger partial charge in [-0.25, -0.2) is 4.98 Å². The number of nitrogens with zero attached hydrogens (tertiary/aromatic N) is 2. The third-order valence-corrected chi connectivity index (χ3v) is 3.69. The highest BCUT2D eigenvalue weighted by Gasteiger charge is 2.32. The van der Waals surface area contributed by atoms with Gasteiger partial charge in [-0.05, 0) is 30.5 Å². The second-order valence-electron chi connectivity index (χ2n) is 4.88. The molecule has 4 heteroatoms. The predicted octanol–water partition coefficient (Wildman–Crippen LogP) is 1.27. The van der Waals surface area contributed by atoms with Crippen molar-refractivity contribution in [2.45, 2.75) is 31.4 Å². The van der Waals surface area contributed by atoms with Crippen LogP contribution in [0.4, 0.5) is 0 Å². The molecule has 1 aliphatic carbocycles. The predicted molar refractivity (Wildman–Crippen MR) is 66.6 cm³/mol. The topological polar surface area (TPSA) is 64.1 Å². The lowest BCUT2D eigenvalue weighted by Crippen LogP contribution is -2.28. The standard InChI is InChI=1S/C13H17N3O/c1-16-12-4-8(7-14)2-3-11(12)15-13(16)9-5-10(17)6-9/h2-4,9-10,17H,5-7,14H2,1H3. The lowest BCUT2D eigenvalue weighted by molar-refractivity contribution is 0.0709. The first-order valence-corrected chi connectivity index (χ1v) is 6.02. The van der Waals surface area contributed by atoms with Crippen LogP contribution in [0.1, 0.15) is 30.1 Å². The van der Waals surface area contributed by atoms with Gasteiger partial charge in [-0.3, -0.25) is 0 Å². The zero-order chi connectivity index (χ0) is 12.0. The molecule has 0 bridgehead atoms. The molecular formula is C13H17N3O. The van der Waals surface area contributed by atoms with Gasteiger partial charge in [0.25, 0.3) is 0 Å². The Morgan fingerprint density at radius 3 is 2.88 bits per heavy atom. The van der Waals surface area contributed by atoms with Gasteiger partial charge >= 0.3 is 0 Å². The van der Waals surface area contributed by atoms with Gasteiger partial charge in [0.05, 0.1) is 17.1 Å². The van der Waals surface area contributed by atoms with E-state index in [-0.39, 0.29) is 6.10 Å². The van der Waals surface area contributed by atoms with E-state index in [1.54, 1.807) is 0 Å². The molecule has 0 radical (unpaired) electrons. The molecule has 0 amide bonds. The van der Waals surface area contributed by atoms with E-state index in [4.69, 9.17) is 5.73 Å². The molecule has 3 N–H and O–H groups in total. The number of fused-ring (bicyclic) bond motifs is 1. The molecule has 17 heavy (non-hydrogen) atoms. The van der Waals surface area contributed by atoms with E-state index in [9.17, 15) is 5.11 Å². The smallest absolute Gasteiger partial charge is 0.112 e. The zero-order valence-corrected chi connectivity index (χ0v) is 9.93. The van der Waals surface area contributed by atoms with Gasteiger partial charge < -0.3 is 15.4 Å². The van der Waals surface area contributed by atoms with Crippen LogP contribution in [0.2, 0.25) is 0 Å². The zero-order valence-electron chi connectivity index (χ0n) is 9.93. The van der Waals surface area contributed by atoms with Crippen LogP contribution in [-0.2, 0) is 13.6 Å². The minimum Gasteiger partial charge on any atom is -0.393 e. The van der Waals surface area contributed by atoms with Crippen LogP contribution < -0.4 is 5.73 Å². The maximum atomic E-state index is 9.37. The molecule has 0 aliphatic heterocycles. The maximum Gasteiger partial charge on any atom is 0.112 e. The Kier molecular flexibility index (Phi) is 2.42. The molecule has 1 heterocycles. The third kappa shape index (κ3) is 1.64. The molecule has 3 rings (SSSR count). The molecule has 4 nitrogen and oxygen atoms in total. The van der Waals surface area contributed by atoms with Gasteiger partial charge in [0.2, 0.25) is 0 Å². The second-order valence-corrected chi connectivity index (χ2v) is 4.88. The number of aromatic nitrogens is 2. The summed E-state index contributed by atoms with van der Waals surface area (Å²) in [4.78, 5) is 4.66. The highest BCUT2D eigenvalue weighted by molar-refractivity contribution is 5.77. The maximum absolute atomic E-state index is 9.37. The number of nitrogens with two attached hydrogens (primary N) is 1. The summed E-state index contributed by atoms with van der Waals surface area (Å²) in [5.74, 6) is 1.49. The molecule has 1 saturated carbocycles. The summed E-state index contributed by atoms with van der Waals surface area (Å²) in [5.41, 5.74) is 8.92. The van der Waals surface area contributed by atoms with E-state index in [2.05, 4.69) is 15.6 Å². The first-order valence-electron chi connectivity index (χ1n) is 6.02. The molecule has 1 aromatic heterocycles. The minimum atomic E-state index is -0.139. The summed E-state index contributed by atoms with van der Waals surface area (Å²) in [6.45, 7) is 0.554. The van der Waals surface area contributed by atoms with Crippen molar-refractivity contribution in [1.29, 1.82) is 0 Å². The highest BCUT2D eigenvalue weighted by Crippen LogP contribution is 2.37. The van der Waals surface area contributed by atoms with Crippen LogP contribution in [0.3, 0.4) is 0 Å². The van der Waals surface area contributed by atoms with Crippen molar-refractivity contribution in [3.8, 4) is 0 Å². The van der Waals surface area contributed by atoms with Crippen molar-refractivity contribution in [3.05, 3.63) is 29.6 Å². The number of aliphatic hydroxyl groups excluding tert-OH is 1. The van der Waals surface area contributed by atoms with Gasteiger partial charge in [0.1, 0.15) is 5.82 Å². The van der Waals surface area contributed by atoms with E-state index in [0.29, 0.717) is 12.5 Å². The molecule has 0 spiro atoms. The summed E-state index contributed by atoms with van der Waals surface area (Å²) < 4.78 is 2.13. The average Bonchev–Trinajstić information content (AvgIpc) is 2.62. The summed E-state index contributed by atoms with van der Waals surface area (Å²) in [6.07, 6.45) is 1.53. The number of imidazole rings is 1. The molecular weight excluding hydrogens is 214 g/mol. The number of hydrogen-bond donors (Lipinski definition) is 2. The number of aryl methyl sites for hydroxylation is 1. The van der Waals surface area contributed by atoms with E-state index >= 15 is 0 Å². The average molecular weight is 231 g/mol. The van der Waals surface area contributed by atoms with E-state index in [1.165, 1.54) is 0 Å². The Morgan fingerprint density at radius 2 is 2.24 bits per heavy atom. The van der Waals surface area contributed by atoms with Crippen LogP contribution in [-0.4, -0.2) is 20.8 Å². The molecule has 1 fully saturated rings. The quantitative estimate of drug-likeness (QED) is 0.818. The van der Waals surface area contributed by atoms with Gasteiger partial charge in [0.15, 0.2) is 0 Å². The Morgan fingerprint density at radius 1 is 1.47 bits per heavy atom. The van der Waals surface area contributed by atoms with Crippen molar-refractivity contribution in [2.75, 3.05) is 0 Å². The normalized spacial score (nSPS) is 23.9. The number of benzene rings is 1. The molecule has 0 saturated heterocycles. The number of hydrogen-bond acceptors (Lipinski definition) is 3. The van der Waals surface area contributed by atoms with Crippen molar-refractivity contribution < 1.29 is 5.11 Å². The fourth-order valence-corrected chi connectivity index (χ4v) is 2.54. The monoisotopic (exact) mass is 231 g/mol. The van der Waals surface area contributed by atoms with E-state index < -0.39 is 0 Å². The lowest BCUT2D eigenvalue weighted by Gasteiger charge is -2.30. The first kappa shape index (κ1) is 10.7. The fraction of sp³-hybridized carbons (Fsp3) is 0.462. The number of aliphatic hydroxyl groups is 1. The van der Waals surface area contributed by atoms with E-state index in [1.807, 2.05) is 19.2 Å². The molecule has 0 unspecified atom stereocenters. The van der Waals surface area contributed by atoms with Crippen molar-refractivity contribution in [3.63, 3.8) is 0 Å².